The van der Waals surface area contributed by atoms with Crippen molar-refractivity contribution in [1.29, 1.82) is 0 Å². The molecule has 26 heavy (non-hydrogen) atoms. The molecule has 2 aromatic rings. The third kappa shape index (κ3) is 4.81. The largest absolute Gasteiger partial charge is 0.479 e. The van der Waals surface area contributed by atoms with Crippen molar-refractivity contribution in [3.05, 3.63) is 46.4 Å². The molecule has 0 saturated heterocycles. The normalized spacial score (nSPS) is 12.5. The molecule has 0 aliphatic rings. The van der Waals surface area contributed by atoms with Crippen molar-refractivity contribution < 1.29 is 23.1 Å². The number of ether oxygens (including phenoxy) is 1. The summed E-state index contributed by atoms with van der Waals surface area (Å²) < 4.78 is 29.3. The van der Waals surface area contributed by atoms with Gasteiger partial charge in [-0.25, -0.2) is 13.2 Å². The molecule has 0 bridgehead atoms. The average Bonchev–Trinajstić information content (AvgIpc) is 2.58. The van der Waals surface area contributed by atoms with E-state index < -0.39 is 21.9 Å². The highest BCUT2D eigenvalue weighted by molar-refractivity contribution is 7.91. The van der Waals surface area contributed by atoms with Gasteiger partial charge < -0.3 is 15.2 Å². The number of aliphatic carboxylic acids is 1. The average molecular weight is 418 g/mol. The van der Waals surface area contributed by atoms with E-state index in [1.54, 1.807) is 19.1 Å². The Bertz CT molecular complexity index is 931. The van der Waals surface area contributed by atoms with Crippen LogP contribution in [0.5, 0.6) is 5.75 Å². The molecule has 0 saturated carbocycles. The number of hydrogen-bond acceptors (Lipinski definition) is 5. The van der Waals surface area contributed by atoms with Crippen molar-refractivity contribution in [3.63, 3.8) is 0 Å². The van der Waals surface area contributed by atoms with Crippen LogP contribution in [-0.4, -0.2) is 31.4 Å². The quantitative estimate of drug-likeness (QED) is 0.693. The number of carboxylic acid groups (broad SMARTS) is 1. The van der Waals surface area contributed by atoms with Crippen molar-refractivity contribution in [2.75, 3.05) is 11.1 Å². The third-order valence-corrected chi connectivity index (χ3v) is 5.82. The first kappa shape index (κ1) is 20.4. The topological polar surface area (TPSA) is 92.7 Å². The van der Waals surface area contributed by atoms with Gasteiger partial charge in [-0.15, -0.1) is 0 Å². The highest BCUT2D eigenvalue weighted by Gasteiger charge is 2.17. The number of benzene rings is 2. The molecule has 0 unspecified atom stereocenters. The Morgan fingerprint density at radius 1 is 1.19 bits per heavy atom. The van der Waals surface area contributed by atoms with Crippen molar-refractivity contribution in [3.8, 4) is 5.75 Å². The van der Waals surface area contributed by atoms with Crippen LogP contribution in [0.2, 0.25) is 10.0 Å². The lowest BCUT2D eigenvalue weighted by atomic mass is 10.2. The van der Waals surface area contributed by atoms with Crippen LogP contribution < -0.4 is 10.1 Å². The molecule has 0 spiro atoms. The number of nitrogens with one attached hydrogen (secondary N) is 1. The second kappa shape index (κ2) is 8.16. The fraction of sp³-hybridized carbons (Fsp3) is 0.235. The maximum atomic E-state index is 11.9. The van der Waals surface area contributed by atoms with Gasteiger partial charge in [-0.3, -0.25) is 0 Å². The zero-order chi connectivity index (χ0) is 19.5. The summed E-state index contributed by atoms with van der Waals surface area (Å²) in [5.74, 6) is -0.876. The highest BCUT2D eigenvalue weighted by Crippen LogP contribution is 2.35. The van der Waals surface area contributed by atoms with E-state index in [0.29, 0.717) is 16.4 Å². The molecule has 6 nitrogen and oxygen atoms in total. The molecule has 0 aliphatic heterocycles. The molecule has 140 valence electrons. The van der Waals surface area contributed by atoms with E-state index in [4.69, 9.17) is 33.0 Å². The summed E-state index contributed by atoms with van der Waals surface area (Å²) >= 11 is 12.2. The fourth-order valence-corrected chi connectivity index (χ4v) is 3.42. The van der Waals surface area contributed by atoms with Crippen LogP contribution in [0.25, 0.3) is 0 Å². The van der Waals surface area contributed by atoms with Gasteiger partial charge >= 0.3 is 5.97 Å². The van der Waals surface area contributed by atoms with Crippen LogP contribution in [0, 0.1) is 0 Å². The Balaban J connectivity index is 2.36. The monoisotopic (exact) mass is 417 g/mol. The standard InChI is InChI=1S/C17H17Cl2NO5S/c1-3-26(23,24)12-5-6-14(13(19)9-12)20-15-8-11(18)4-7-16(15)25-10(2)17(21)22/h4-10,20H,3H2,1-2H3,(H,21,22)/t10-/m0/s1. The lowest BCUT2D eigenvalue weighted by Gasteiger charge is -2.17. The summed E-state index contributed by atoms with van der Waals surface area (Å²) in [4.78, 5) is 11.1. The van der Waals surface area contributed by atoms with Gasteiger partial charge in [-0.2, -0.15) is 0 Å². The number of carbonyl (C=O) groups is 1. The molecule has 2 aromatic carbocycles. The molecular formula is C17H17Cl2NO5S. The van der Waals surface area contributed by atoms with Gasteiger partial charge in [0.2, 0.25) is 0 Å². The smallest absolute Gasteiger partial charge is 0.344 e. The minimum atomic E-state index is -3.37. The first-order valence-corrected chi connectivity index (χ1v) is 10.0. The van der Waals surface area contributed by atoms with Crippen molar-refractivity contribution in [1.82, 2.24) is 0 Å². The molecule has 1 atom stereocenters. The minimum absolute atomic E-state index is 0.0323. The second-order valence-electron chi connectivity index (χ2n) is 5.41. The summed E-state index contributed by atoms with van der Waals surface area (Å²) in [6.45, 7) is 2.95. The van der Waals surface area contributed by atoms with E-state index in [1.807, 2.05) is 0 Å². The van der Waals surface area contributed by atoms with Crippen LogP contribution in [0.3, 0.4) is 0 Å². The summed E-state index contributed by atoms with van der Waals surface area (Å²) in [7, 11) is -3.37. The number of rotatable bonds is 7. The Hall–Kier alpha value is -1.96. The minimum Gasteiger partial charge on any atom is -0.479 e. The Morgan fingerprint density at radius 3 is 2.46 bits per heavy atom. The highest BCUT2D eigenvalue weighted by atomic mass is 35.5. The van der Waals surface area contributed by atoms with Gasteiger partial charge in [0.1, 0.15) is 5.75 Å². The molecule has 0 fully saturated rings. The van der Waals surface area contributed by atoms with Gasteiger partial charge in [-0.1, -0.05) is 30.1 Å². The lowest BCUT2D eigenvalue weighted by molar-refractivity contribution is -0.144. The molecule has 0 radical (unpaired) electrons. The summed E-state index contributed by atoms with van der Waals surface area (Å²) in [6, 6.07) is 8.98. The van der Waals surface area contributed by atoms with Crippen LogP contribution >= 0.6 is 23.2 Å². The Morgan fingerprint density at radius 2 is 1.88 bits per heavy atom. The number of hydrogen-bond donors (Lipinski definition) is 2. The number of sulfone groups is 1. The van der Waals surface area contributed by atoms with E-state index >= 15 is 0 Å². The molecular weight excluding hydrogens is 401 g/mol. The lowest BCUT2D eigenvalue weighted by Crippen LogP contribution is -2.23. The molecule has 0 aromatic heterocycles. The maximum absolute atomic E-state index is 11.9. The number of anilines is 2. The zero-order valence-electron chi connectivity index (χ0n) is 14.0. The van der Waals surface area contributed by atoms with Crippen LogP contribution in [0.15, 0.2) is 41.3 Å². The number of halogens is 2. The predicted molar refractivity (Wildman–Crippen MR) is 102 cm³/mol. The fourth-order valence-electron chi connectivity index (χ4n) is 2.05. The van der Waals surface area contributed by atoms with Crippen LogP contribution in [0.1, 0.15) is 13.8 Å². The molecule has 0 amide bonds. The summed E-state index contributed by atoms with van der Waals surface area (Å²) in [5.41, 5.74) is 0.829. The zero-order valence-corrected chi connectivity index (χ0v) is 16.3. The first-order chi connectivity index (χ1) is 12.1. The second-order valence-corrected chi connectivity index (χ2v) is 8.53. The van der Waals surface area contributed by atoms with Gasteiger partial charge in [0.25, 0.3) is 0 Å². The molecule has 0 heterocycles. The van der Waals surface area contributed by atoms with Gasteiger partial charge in [-0.05, 0) is 43.3 Å². The van der Waals surface area contributed by atoms with Crippen LogP contribution in [-0.2, 0) is 14.6 Å². The third-order valence-electron chi connectivity index (χ3n) is 3.54. The van der Waals surface area contributed by atoms with Crippen molar-refractivity contribution in [2.45, 2.75) is 24.8 Å². The van der Waals surface area contributed by atoms with Crippen molar-refractivity contribution >= 4 is 50.4 Å². The summed E-state index contributed by atoms with van der Waals surface area (Å²) in [6.07, 6.45) is -1.07. The first-order valence-electron chi connectivity index (χ1n) is 7.62. The SMILES string of the molecule is CCS(=O)(=O)c1ccc(Nc2cc(Cl)ccc2O[C@@H](C)C(=O)O)c(Cl)c1. The van der Waals surface area contributed by atoms with E-state index in [0.717, 1.165) is 0 Å². The van der Waals surface area contributed by atoms with Gasteiger partial charge in [0.05, 0.1) is 27.0 Å². The Labute approximate surface area is 161 Å². The summed E-state index contributed by atoms with van der Waals surface area (Å²) in [5, 5.41) is 12.6. The maximum Gasteiger partial charge on any atom is 0.344 e. The number of carboxylic acids is 1. The van der Waals surface area contributed by atoms with Crippen molar-refractivity contribution in [2.24, 2.45) is 0 Å². The van der Waals surface area contributed by atoms with Gasteiger partial charge in [0, 0.05) is 5.02 Å². The Kier molecular flexibility index (Phi) is 6.39. The molecule has 0 aliphatic carbocycles. The van der Waals surface area contributed by atoms with E-state index in [-0.39, 0.29) is 21.4 Å². The molecule has 9 heteroatoms. The van der Waals surface area contributed by atoms with Crippen LogP contribution in [0.4, 0.5) is 11.4 Å². The van der Waals surface area contributed by atoms with E-state index in [2.05, 4.69) is 5.32 Å². The predicted octanol–water partition coefficient (Wildman–Crippen LogP) is 4.38. The molecule has 2 rings (SSSR count). The molecule has 2 N–H and O–H groups in total. The van der Waals surface area contributed by atoms with Gasteiger partial charge in [0.15, 0.2) is 15.9 Å². The van der Waals surface area contributed by atoms with E-state index in [1.165, 1.54) is 31.2 Å². The van der Waals surface area contributed by atoms with E-state index in [9.17, 15) is 13.2 Å².